The molecular weight excluding hydrogens is 274 g/mol. The second kappa shape index (κ2) is 5.34. The van der Waals surface area contributed by atoms with Crippen molar-refractivity contribution in [2.75, 3.05) is 13.2 Å². The highest BCUT2D eigenvalue weighted by atomic mass is 16.5. The molecule has 0 unspecified atom stereocenters. The van der Waals surface area contributed by atoms with Crippen LogP contribution in [0.4, 0.5) is 0 Å². The third-order valence-electron chi connectivity index (χ3n) is 4.08. The molecule has 3 rings (SSSR count). The van der Waals surface area contributed by atoms with Crippen LogP contribution in [-0.2, 0) is 23.9 Å². The first-order chi connectivity index (χ1) is 10.1. The molecule has 0 aromatic heterocycles. The van der Waals surface area contributed by atoms with Gasteiger partial charge in [-0.2, -0.15) is 0 Å². The summed E-state index contributed by atoms with van der Waals surface area (Å²) >= 11 is 0. The molecule has 0 N–H and O–H groups in total. The Bertz CT molecular complexity index is 531. The SMILES string of the molecule is C#CCOC(=O)CCCN1C(=O)[C@@H]2[C@H](C1=O)[C@H]1C=C[C@@H]2O1. The number of hydrogen-bond donors (Lipinski definition) is 0. The molecule has 0 spiro atoms. The summed E-state index contributed by atoms with van der Waals surface area (Å²) in [4.78, 5) is 37.1. The molecule has 0 aliphatic carbocycles. The predicted molar refractivity (Wildman–Crippen MR) is 70.5 cm³/mol. The molecule has 2 saturated heterocycles. The molecule has 0 saturated carbocycles. The van der Waals surface area contributed by atoms with Crippen LogP contribution in [-0.4, -0.2) is 48.0 Å². The summed E-state index contributed by atoms with van der Waals surface area (Å²) in [6, 6.07) is 0. The molecule has 3 aliphatic rings. The van der Waals surface area contributed by atoms with E-state index in [1.807, 2.05) is 12.2 Å². The standard InChI is InChI=1S/C15H15NO5/c1-2-8-20-11(17)4-3-7-16-14(18)12-9-5-6-10(21-9)13(12)15(16)19/h1,5-6,9-10,12-13H,3-4,7-8H2/t9-,10+,12-,13+. The van der Waals surface area contributed by atoms with Gasteiger partial charge in [-0.3, -0.25) is 19.3 Å². The topological polar surface area (TPSA) is 72.9 Å². The number of hydrogen-bond acceptors (Lipinski definition) is 5. The van der Waals surface area contributed by atoms with Crippen LogP contribution in [0.15, 0.2) is 12.2 Å². The highest BCUT2D eigenvalue weighted by Crippen LogP contribution is 2.44. The summed E-state index contributed by atoms with van der Waals surface area (Å²) < 4.78 is 10.3. The Morgan fingerprint density at radius 3 is 2.48 bits per heavy atom. The number of ether oxygens (including phenoxy) is 2. The van der Waals surface area contributed by atoms with Crippen LogP contribution in [0.5, 0.6) is 0 Å². The minimum atomic E-state index is -0.419. The van der Waals surface area contributed by atoms with Crippen LogP contribution >= 0.6 is 0 Å². The highest BCUT2D eigenvalue weighted by molar-refractivity contribution is 6.06. The zero-order chi connectivity index (χ0) is 15.0. The van der Waals surface area contributed by atoms with Crippen LogP contribution in [0.2, 0.25) is 0 Å². The summed E-state index contributed by atoms with van der Waals surface area (Å²) in [5, 5.41) is 0. The van der Waals surface area contributed by atoms with Crippen LogP contribution < -0.4 is 0 Å². The van der Waals surface area contributed by atoms with Gasteiger partial charge < -0.3 is 9.47 Å². The Labute approximate surface area is 122 Å². The molecule has 0 radical (unpaired) electrons. The molecule has 2 fully saturated rings. The van der Waals surface area contributed by atoms with Crippen molar-refractivity contribution < 1.29 is 23.9 Å². The second-order valence-corrected chi connectivity index (χ2v) is 5.30. The van der Waals surface area contributed by atoms with Gasteiger partial charge in [0, 0.05) is 13.0 Å². The lowest BCUT2D eigenvalue weighted by Gasteiger charge is -2.17. The first kappa shape index (κ1) is 13.8. The fraction of sp³-hybridized carbons (Fsp3) is 0.533. The predicted octanol–water partition coefficient (Wildman–Crippen LogP) is -0.119. The van der Waals surface area contributed by atoms with Crippen molar-refractivity contribution in [3.8, 4) is 12.3 Å². The van der Waals surface area contributed by atoms with Gasteiger partial charge in [0.1, 0.15) is 0 Å². The van der Waals surface area contributed by atoms with Gasteiger partial charge in [0.25, 0.3) is 0 Å². The molecule has 2 bridgehead atoms. The third kappa shape index (κ3) is 2.24. The molecule has 21 heavy (non-hydrogen) atoms. The summed E-state index contributed by atoms with van der Waals surface area (Å²) in [7, 11) is 0. The smallest absolute Gasteiger partial charge is 0.306 e. The number of imide groups is 1. The minimum absolute atomic E-state index is 0.0586. The summed E-state index contributed by atoms with van der Waals surface area (Å²) in [5.41, 5.74) is 0. The van der Waals surface area contributed by atoms with Crippen molar-refractivity contribution in [1.29, 1.82) is 0 Å². The van der Waals surface area contributed by atoms with Crippen molar-refractivity contribution in [1.82, 2.24) is 4.90 Å². The number of carbonyl (C=O) groups excluding carboxylic acids is 3. The largest absolute Gasteiger partial charge is 0.452 e. The van der Waals surface area contributed by atoms with Crippen molar-refractivity contribution >= 4 is 17.8 Å². The van der Waals surface area contributed by atoms with Crippen LogP contribution in [0.3, 0.4) is 0 Å². The molecule has 3 aliphatic heterocycles. The zero-order valence-corrected chi connectivity index (χ0v) is 11.4. The molecule has 6 heteroatoms. The quantitative estimate of drug-likeness (QED) is 0.305. The van der Waals surface area contributed by atoms with Gasteiger partial charge in [-0.1, -0.05) is 18.1 Å². The Morgan fingerprint density at radius 1 is 1.29 bits per heavy atom. The molecule has 0 aromatic rings. The minimum Gasteiger partial charge on any atom is -0.452 e. The van der Waals surface area contributed by atoms with Crippen molar-refractivity contribution in [3.05, 3.63) is 12.2 Å². The zero-order valence-electron chi connectivity index (χ0n) is 11.4. The lowest BCUT2D eigenvalue weighted by atomic mass is 9.85. The lowest BCUT2D eigenvalue weighted by molar-refractivity contribution is -0.145. The normalized spacial score (nSPS) is 32.4. The Balaban J connectivity index is 1.54. The van der Waals surface area contributed by atoms with E-state index in [9.17, 15) is 14.4 Å². The van der Waals surface area contributed by atoms with Gasteiger partial charge in [-0.25, -0.2) is 0 Å². The number of amides is 2. The van der Waals surface area contributed by atoms with E-state index in [2.05, 4.69) is 5.92 Å². The van der Waals surface area contributed by atoms with E-state index >= 15 is 0 Å². The van der Waals surface area contributed by atoms with Crippen molar-refractivity contribution in [2.24, 2.45) is 11.8 Å². The Hall–Kier alpha value is -2.13. The van der Waals surface area contributed by atoms with E-state index in [1.165, 1.54) is 4.90 Å². The number of carbonyl (C=O) groups is 3. The van der Waals surface area contributed by atoms with Crippen LogP contribution in [0.25, 0.3) is 0 Å². The molecule has 6 nitrogen and oxygen atoms in total. The second-order valence-electron chi connectivity index (χ2n) is 5.30. The van der Waals surface area contributed by atoms with Gasteiger partial charge in [-0.15, -0.1) is 6.42 Å². The van der Waals surface area contributed by atoms with Crippen molar-refractivity contribution in [2.45, 2.75) is 25.0 Å². The molecule has 2 amide bonds. The maximum Gasteiger partial charge on any atom is 0.306 e. The average Bonchev–Trinajstić information content (AvgIpc) is 3.14. The number of nitrogens with zero attached hydrogens (tertiary/aromatic N) is 1. The molecule has 0 aromatic carbocycles. The van der Waals surface area contributed by atoms with Gasteiger partial charge in [0.05, 0.1) is 24.0 Å². The van der Waals surface area contributed by atoms with Crippen molar-refractivity contribution in [3.63, 3.8) is 0 Å². The van der Waals surface area contributed by atoms with E-state index in [4.69, 9.17) is 15.9 Å². The van der Waals surface area contributed by atoms with Gasteiger partial charge in [0.15, 0.2) is 6.61 Å². The van der Waals surface area contributed by atoms with Gasteiger partial charge in [-0.05, 0) is 6.42 Å². The summed E-state index contributed by atoms with van der Waals surface area (Å²) in [6.45, 7) is 0.173. The summed E-state index contributed by atoms with van der Waals surface area (Å²) in [6.07, 6.45) is 8.63. The van der Waals surface area contributed by atoms with E-state index in [0.29, 0.717) is 6.42 Å². The highest BCUT2D eigenvalue weighted by Gasteiger charge is 2.60. The first-order valence-electron chi connectivity index (χ1n) is 6.91. The third-order valence-corrected chi connectivity index (χ3v) is 4.08. The van der Waals surface area contributed by atoms with E-state index < -0.39 is 5.97 Å². The van der Waals surface area contributed by atoms with E-state index in [0.717, 1.165) is 0 Å². The average molecular weight is 289 g/mol. The Morgan fingerprint density at radius 2 is 1.90 bits per heavy atom. The van der Waals surface area contributed by atoms with Gasteiger partial charge in [0.2, 0.25) is 11.8 Å². The number of esters is 1. The Kier molecular flexibility index (Phi) is 3.52. The lowest BCUT2D eigenvalue weighted by Crippen LogP contribution is -2.35. The number of fused-ring (bicyclic) bond motifs is 5. The van der Waals surface area contributed by atoms with E-state index in [1.54, 1.807) is 0 Å². The first-order valence-corrected chi connectivity index (χ1v) is 6.91. The molecular formula is C15H15NO5. The van der Waals surface area contributed by atoms with Crippen LogP contribution in [0, 0.1) is 24.2 Å². The maximum atomic E-state index is 12.3. The monoisotopic (exact) mass is 289 g/mol. The number of terminal acetylenes is 1. The molecule has 4 atom stereocenters. The van der Waals surface area contributed by atoms with Crippen LogP contribution in [0.1, 0.15) is 12.8 Å². The van der Waals surface area contributed by atoms with Gasteiger partial charge >= 0.3 is 5.97 Å². The number of likely N-dealkylation sites (tertiary alicyclic amines) is 1. The molecule has 110 valence electrons. The maximum absolute atomic E-state index is 12.3. The molecule has 3 heterocycles. The summed E-state index contributed by atoms with van der Waals surface area (Å²) in [5.74, 6) is 0.619. The fourth-order valence-electron chi connectivity index (χ4n) is 3.16. The van der Waals surface area contributed by atoms with E-state index in [-0.39, 0.29) is 55.4 Å². The number of rotatable bonds is 5. The fourth-order valence-corrected chi connectivity index (χ4v) is 3.16.